The zero-order valence-electron chi connectivity index (χ0n) is 13.0. The van der Waals surface area contributed by atoms with E-state index in [2.05, 4.69) is 30.9 Å². The van der Waals surface area contributed by atoms with Crippen molar-refractivity contribution in [2.75, 3.05) is 7.05 Å². The van der Waals surface area contributed by atoms with Crippen molar-refractivity contribution < 1.29 is 9.32 Å². The molecule has 0 aliphatic heterocycles. The number of aromatic nitrogens is 2. The number of hydrogen-bond acceptors (Lipinski definition) is 4. The minimum absolute atomic E-state index is 0.0281. The number of carbonyl (C=O) groups excluding carboxylic acids is 1. The van der Waals surface area contributed by atoms with Gasteiger partial charge in [0.15, 0.2) is 5.82 Å². The van der Waals surface area contributed by atoms with Gasteiger partial charge in [-0.3, -0.25) is 4.79 Å². The molecule has 112 valence electrons. The number of carbonyl (C=O) groups is 1. The fraction of sp³-hybridized carbons (Fsp3) is 0.438. The second-order valence-corrected chi connectivity index (χ2v) is 6.40. The van der Waals surface area contributed by atoms with E-state index in [4.69, 9.17) is 4.52 Å². The summed E-state index contributed by atoms with van der Waals surface area (Å²) in [6.07, 6.45) is 2.12. The molecule has 2 rings (SSSR count). The Hall–Kier alpha value is -2.17. The summed E-state index contributed by atoms with van der Waals surface area (Å²) < 4.78 is 4.69. The van der Waals surface area contributed by atoms with Crippen LogP contribution in [0.1, 0.15) is 42.5 Å². The Kier molecular flexibility index (Phi) is 4.40. The molecule has 0 fully saturated rings. The van der Waals surface area contributed by atoms with Gasteiger partial charge in [-0.1, -0.05) is 44.1 Å². The molecular formula is C16H21N3O2. The van der Waals surface area contributed by atoms with Crippen molar-refractivity contribution >= 4 is 5.91 Å². The third kappa shape index (κ3) is 4.15. The van der Waals surface area contributed by atoms with Gasteiger partial charge in [0, 0.05) is 12.6 Å². The lowest BCUT2D eigenvalue weighted by atomic mass is 9.86. The van der Waals surface area contributed by atoms with Crippen LogP contribution >= 0.6 is 0 Å². The van der Waals surface area contributed by atoms with Crippen molar-refractivity contribution in [1.82, 2.24) is 15.0 Å². The highest BCUT2D eigenvalue weighted by molar-refractivity contribution is 5.95. The Morgan fingerprint density at radius 3 is 2.62 bits per heavy atom. The maximum atomic E-state index is 12.6. The molecule has 0 saturated heterocycles. The molecular weight excluding hydrogens is 266 g/mol. The summed E-state index contributed by atoms with van der Waals surface area (Å²) in [5, 5.41) is 3.73. The second kappa shape index (κ2) is 6.08. The number of amides is 1. The van der Waals surface area contributed by atoms with Crippen molar-refractivity contribution in [1.29, 1.82) is 0 Å². The molecule has 1 aromatic heterocycles. The van der Waals surface area contributed by atoms with Gasteiger partial charge < -0.3 is 9.42 Å². The molecule has 0 aliphatic carbocycles. The first-order valence-corrected chi connectivity index (χ1v) is 6.95. The van der Waals surface area contributed by atoms with Crippen molar-refractivity contribution in [2.45, 2.75) is 33.7 Å². The van der Waals surface area contributed by atoms with E-state index >= 15 is 0 Å². The molecule has 0 radical (unpaired) electrons. The summed E-state index contributed by atoms with van der Waals surface area (Å²) in [5.41, 5.74) is 1.93. The summed E-state index contributed by atoms with van der Waals surface area (Å²) in [5.74, 6) is 0.471. The monoisotopic (exact) mass is 287 g/mol. The SMILES string of the molecule is CN(Cc1ncon1)C(=O)c1ccccc1CC(C)(C)C. The molecule has 21 heavy (non-hydrogen) atoms. The van der Waals surface area contributed by atoms with Crippen LogP contribution in [0.2, 0.25) is 0 Å². The Balaban J connectivity index is 2.18. The fourth-order valence-electron chi connectivity index (χ4n) is 2.21. The average molecular weight is 287 g/mol. The molecule has 5 nitrogen and oxygen atoms in total. The van der Waals surface area contributed by atoms with E-state index in [1.165, 1.54) is 6.39 Å². The first-order valence-electron chi connectivity index (χ1n) is 6.95. The van der Waals surface area contributed by atoms with Gasteiger partial charge in [-0.05, 0) is 23.5 Å². The highest BCUT2D eigenvalue weighted by atomic mass is 16.5. The molecule has 2 aromatic rings. The smallest absolute Gasteiger partial charge is 0.254 e. The quantitative estimate of drug-likeness (QED) is 0.867. The van der Waals surface area contributed by atoms with E-state index in [9.17, 15) is 4.79 Å². The average Bonchev–Trinajstić information content (AvgIpc) is 2.89. The van der Waals surface area contributed by atoms with Crippen LogP contribution in [0.5, 0.6) is 0 Å². The molecule has 1 heterocycles. The summed E-state index contributed by atoms with van der Waals surface area (Å²) in [4.78, 5) is 18.2. The molecule has 0 unspecified atom stereocenters. The molecule has 0 aliphatic rings. The minimum Gasteiger partial charge on any atom is -0.343 e. The molecule has 0 spiro atoms. The van der Waals surface area contributed by atoms with Crippen LogP contribution < -0.4 is 0 Å². The van der Waals surface area contributed by atoms with E-state index < -0.39 is 0 Å². The van der Waals surface area contributed by atoms with Crippen LogP contribution in [-0.2, 0) is 13.0 Å². The van der Waals surface area contributed by atoms with Crippen molar-refractivity contribution in [3.8, 4) is 0 Å². The highest BCUT2D eigenvalue weighted by Gasteiger charge is 2.20. The van der Waals surface area contributed by atoms with E-state index in [1.807, 2.05) is 24.3 Å². The molecule has 5 heteroatoms. The fourth-order valence-corrected chi connectivity index (χ4v) is 2.21. The Morgan fingerprint density at radius 1 is 1.29 bits per heavy atom. The number of benzene rings is 1. The number of rotatable bonds is 4. The summed E-state index contributed by atoms with van der Waals surface area (Å²) >= 11 is 0. The number of nitrogens with zero attached hydrogens (tertiary/aromatic N) is 3. The van der Waals surface area contributed by atoms with Crippen LogP contribution in [-0.4, -0.2) is 28.0 Å². The van der Waals surface area contributed by atoms with Crippen LogP contribution in [0, 0.1) is 5.41 Å². The summed E-state index contributed by atoms with van der Waals surface area (Å²) in [6, 6.07) is 7.75. The first-order chi connectivity index (χ1) is 9.87. The van der Waals surface area contributed by atoms with E-state index in [-0.39, 0.29) is 11.3 Å². The molecule has 0 bridgehead atoms. The van der Waals surface area contributed by atoms with Crippen LogP contribution in [0.25, 0.3) is 0 Å². The van der Waals surface area contributed by atoms with Crippen LogP contribution in [0.15, 0.2) is 35.2 Å². The van der Waals surface area contributed by atoms with Gasteiger partial charge >= 0.3 is 0 Å². The van der Waals surface area contributed by atoms with Gasteiger partial charge in [-0.2, -0.15) is 4.98 Å². The first kappa shape index (κ1) is 15.2. The maximum absolute atomic E-state index is 12.6. The zero-order valence-corrected chi connectivity index (χ0v) is 13.0. The predicted molar refractivity (Wildman–Crippen MR) is 79.7 cm³/mol. The molecule has 0 N–H and O–H groups in total. The van der Waals surface area contributed by atoms with Crippen LogP contribution in [0.3, 0.4) is 0 Å². The van der Waals surface area contributed by atoms with Crippen LogP contribution in [0.4, 0.5) is 0 Å². The molecule has 1 aromatic carbocycles. The Morgan fingerprint density at radius 2 is 2.00 bits per heavy atom. The minimum atomic E-state index is -0.0281. The lowest BCUT2D eigenvalue weighted by molar-refractivity contribution is 0.0779. The summed E-state index contributed by atoms with van der Waals surface area (Å²) in [7, 11) is 1.74. The third-order valence-corrected chi connectivity index (χ3v) is 3.10. The third-order valence-electron chi connectivity index (χ3n) is 3.10. The van der Waals surface area contributed by atoms with Gasteiger partial charge in [0.25, 0.3) is 5.91 Å². The summed E-state index contributed by atoms with van der Waals surface area (Å²) in [6.45, 7) is 6.82. The number of hydrogen-bond donors (Lipinski definition) is 0. The van der Waals surface area contributed by atoms with E-state index in [1.54, 1.807) is 11.9 Å². The highest BCUT2D eigenvalue weighted by Crippen LogP contribution is 2.23. The molecule has 0 saturated carbocycles. The second-order valence-electron chi connectivity index (χ2n) is 6.40. The lowest BCUT2D eigenvalue weighted by Crippen LogP contribution is -2.28. The topological polar surface area (TPSA) is 59.2 Å². The van der Waals surface area contributed by atoms with Gasteiger partial charge in [-0.15, -0.1) is 0 Å². The zero-order chi connectivity index (χ0) is 15.5. The Bertz CT molecular complexity index is 600. The largest absolute Gasteiger partial charge is 0.343 e. The van der Waals surface area contributed by atoms with Gasteiger partial charge in [0.1, 0.15) is 0 Å². The lowest BCUT2D eigenvalue weighted by Gasteiger charge is -2.22. The van der Waals surface area contributed by atoms with Gasteiger partial charge in [-0.25, -0.2) is 0 Å². The standard InChI is InChI=1S/C16H21N3O2/c1-16(2,3)9-12-7-5-6-8-13(12)15(20)19(4)10-14-17-11-21-18-14/h5-8,11H,9-10H2,1-4H3. The van der Waals surface area contributed by atoms with Gasteiger partial charge in [0.05, 0.1) is 6.54 Å². The van der Waals surface area contributed by atoms with E-state index in [0.717, 1.165) is 17.5 Å². The normalized spacial score (nSPS) is 11.4. The predicted octanol–water partition coefficient (Wildman–Crippen LogP) is 2.93. The van der Waals surface area contributed by atoms with Crippen molar-refractivity contribution in [3.05, 3.63) is 47.6 Å². The van der Waals surface area contributed by atoms with Gasteiger partial charge in [0.2, 0.25) is 6.39 Å². The molecule has 1 amide bonds. The van der Waals surface area contributed by atoms with E-state index in [0.29, 0.717) is 12.4 Å². The Labute approximate surface area is 125 Å². The molecule has 0 atom stereocenters. The van der Waals surface area contributed by atoms with Crippen molar-refractivity contribution in [2.24, 2.45) is 5.41 Å². The van der Waals surface area contributed by atoms with Crippen molar-refractivity contribution in [3.63, 3.8) is 0 Å². The maximum Gasteiger partial charge on any atom is 0.254 e.